The Labute approximate surface area is 126 Å². The Bertz CT molecular complexity index is 380. The first-order valence-electron chi connectivity index (χ1n) is 8.07. The highest BCUT2D eigenvalue weighted by Crippen LogP contribution is 2.24. The summed E-state index contributed by atoms with van der Waals surface area (Å²) in [5, 5.41) is 6.21. The fourth-order valence-corrected chi connectivity index (χ4v) is 3.46. The zero-order valence-corrected chi connectivity index (χ0v) is 13.1. The molecule has 0 saturated carbocycles. The van der Waals surface area contributed by atoms with Gasteiger partial charge in [0.1, 0.15) is 6.04 Å². The van der Waals surface area contributed by atoms with Crippen molar-refractivity contribution in [2.24, 2.45) is 11.7 Å². The smallest absolute Gasteiger partial charge is 0.240 e. The fraction of sp³-hybridized carbons (Fsp3) is 0.867. The predicted octanol–water partition coefficient (Wildman–Crippen LogP) is -0.171. The van der Waals surface area contributed by atoms with Gasteiger partial charge in [0.25, 0.3) is 0 Å². The SMILES string of the molecule is CC(C)C(NC(=O)C1CCCN1C1CCNCC1)C(N)=O. The second-order valence-electron chi connectivity index (χ2n) is 6.51. The minimum absolute atomic E-state index is 0.0141. The Morgan fingerprint density at radius 1 is 1.24 bits per heavy atom. The molecule has 2 aliphatic rings. The molecular weight excluding hydrogens is 268 g/mol. The number of hydrogen-bond acceptors (Lipinski definition) is 4. The minimum Gasteiger partial charge on any atom is -0.368 e. The van der Waals surface area contributed by atoms with Crippen molar-refractivity contribution in [3.05, 3.63) is 0 Å². The highest BCUT2D eigenvalue weighted by atomic mass is 16.2. The highest BCUT2D eigenvalue weighted by Gasteiger charge is 2.37. The van der Waals surface area contributed by atoms with Gasteiger partial charge in [0, 0.05) is 6.04 Å². The predicted molar refractivity (Wildman–Crippen MR) is 81.6 cm³/mol. The summed E-state index contributed by atoms with van der Waals surface area (Å²) in [6.45, 7) is 6.81. The molecule has 2 amide bonds. The molecule has 2 rings (SSSR count). The molecule has 0 aromatic heterocycles. The van der Waals surface area contributed by atoms with Gasteiger partial charge < -0.3 is 16.4 Å². The first-order valence-corrected chi connectivity index (χ1v) is 8.07. The molecular formula is C15H28N4O2. The number of nitrogens with zero attached hydrogens (tertiary/aromatic N) is 1. The quantitative estimate of drug-likeness (QED) is 0.657. The molecule has 2 aliphatic heterocycles. The van der Waals surface area contributed by atoms with Crippen LogP contribution in [-0.2, 0) is 9.59 Å². The number of carbonyl (C=O) groups is 2. The van der Waals surface area contributed by atoms with Crippen LogP contribution in [0.3, 0.4) is 0 Å². The lowest BCUT2D eigenvalue weighted by Gasteiger charge is -2.35. The number of primary amides is 1. The number of amides is 2. The van der Waals surface area contributed by atoms with E-state index in [0.717, 1.165) is 45.3 Å². The van der Waals surface area contributed by atoms with Crippen LogP contribution in [0.25, 0.3) is 0 Å². The molecule has 2 atom stereocenters. The maximum atomic E-state index is 12.5. The van der Waals surface area contributed by atoms with Gasteiger partial charge in [0.05, 0.1) is 6.04 Å². The molecule has 6 heteroatoms. The number of nitrogens with one attached hydrogen (secondary N) is 2. The Balaban J connectivity index is 1.98. The van der Waals surface area contributed by atoms with Crippen LogP contribution in [-0.4, -0.2) is 54.5 Å². The molecule has 21 heavy (non-hydrogen) atoms. The summed E-state index contributed by atoms with van der Waals surface area (Å²) in [4.78, 5) is 26.3. The topological polar surface area (TPSA) is 87.5 Å². The van der Waals surface area contributed by atoms with Crippen LogP contribution in [0.1, 0.15) is 39.5 Å². The number of rotatable bonds is 5. The third-order valence-electron chi connectivity index (χ3n) is 4.65. The minimum atomic E-state index is -0.576. The fourth-order valence-electron chi connectivity index (χ4n) is 3.46. The number of hydrogen-bond donors (Lipinski definition) is 3. The molecule has 0 aromatic carbocycles. The molecule has 2 heterocycles. The van der Waals surface area contributed by atoms with Gasteiger partial charge >= 0.3 is 0 Å². The molecule has 0 bridgehead atoms. The van der Waals surface area contributed by atoms with E-state index < -0.39 is 11.9 Å². The van der Waals surface area contributed by atoms with Gasteiger partial charge in [-0.3, -0.25) is 14.5 Å². The normalized spacial score (nSPS) is 26.0. The number of piperidine rings is 1. The van der Waals surface area contributed by atoms with Crippen molar-refractivity contribution in [3.63, 3.8) is 0 Å². The average molecular weight is 296 g/mol. The molecule has 0 aromatic rings. The van der Waals surface area contributed by atoms with E-state index in [4.69, 9.17) is 5.73 Å². The van der Waals surface area contributed by atoms with Crippen molar-refractivity contribution < 1.29 is 9.59 Å². The van der Waals surface area contributed by atoms with E-state index in [-0.39, 0.29) is 17.9 Å². The van der Waals surface area contributed by atoms with E-state index in [1.54, 1.807) is 0 Å². The van der Waals surface area contributed by atoms with E-state index in [1.807, 2.05) is 13.8 Å². The van der Waals surface area contributed by atoms with E-state index in [9.17, 15) is 9.59 Å². The summed E-state index contributed by atoms with van der Waals surface area (Å²) < 4.78 is 0. The van der Waals surface area contributed by atoms with E-state index in [0.29, 0.717) is 6.04 Å². The summed E-state index contributed by atoms with van der Waals surface area (Å²) in [5.41, 5.74) is 5.39. The first-order chi connectivity index (χ1) is 10.0. The van der Waals surface area contributed by atoms with Gasteiger partial charge in [-0.05, 0) is 51.2 Å². The third kappa shape index (κ3) is 3.95. The molecule has 6 nitrogen and oxygen atoms in total. The van der Waals surface area contributed by atoms with E-state index in [2.05, 4.69) is 15.5 Å². The molecule has 120 valence electrons. The van der Waals surface area contributed by atoms with Crippen LogP contribution >= 0.6 is 0 Å². The number of nitrogens with two attached hydrogens (primary N) is 1. The van der Waals surface area contributed by atoms with Crippen LogP contribution in [0.5, 0.6) is 0 Å². The zero-order valence-electron chi connectivity index (χ0n) is 13.1. The van der Waals surface area contributed by atoms with Crippen molar-refractivity contribution in [1.82, 2.24) is 15.5 Å². The van der Waals surface area contributed by atoms with Crippen LogP contribution in [0.4, 0.5) is 0 Å². The van der Waals surface area contributed by atoms with Crippen molar-refractivity contribution >= 4 is 11.8 Å². The summed E-state index contributed by atoms with van der Waals surface area (Å²) >= 11 is 0. The van der Waals surface area contributed by atoms with Gasteiger partial charge in [-0.1, -0.05) is 13.8 Å². The van der Waals surface area contributed by atoms with Crippen molar-refractivity contribution in [3.8, 4) is 0 Å². The number of likely N-dealkylation sites (tertiary alicyclic amines) is 1. The lowest BCUT2D eigenvalue weighted by molar-refractivity contribution is -0.131. The van der Waals surface area contributed by atoms with E-state index in [1.165, 1.54) is 0 Å². The summed E-state index contributed by atoms with van der Waals surface area (Å²) in [6, 6.07) is -0.197. The third-order valence-corrected chi connectivity index (χ3v) is 4.65. The van der Waals surface area contributed by atoms with Crippen LogP contribution in [0, 0.1) is 5.92 Å². The molecule has 4 N–H and O–H groups in total. The van der Waals surface area contributed by atoms with Crippen molar-refractivity contribution in [1.29, 1.82) is 0 Å². The Morgan fingerprint density at radius 2 is 1.90 bits per heavy atom. The molecule has 2 unspecified atom stereocenters. The van der Waals surface area contributed by atoms with Crippen molar-refractivity contribution in [2.45, 2.75) is 57.7 Å². The maximum absolute atomic E-state index is 12.5. The van der Waals surface area contributed by atoms with Gasteiger partial charge in [0.2, 0.25) is 11.8 Å². The van der Waals surface area contributed by atoms with Gasteiger partial charge in [-0.15, -0.1) is 0 Å². The number of carbonyl (C=O) groups excluding carboxylic acids is 2. The Morgan fingerprint density at radius 3 is 2.48 bits per heavy atom. The second kappa shape index (κ2) is 7.22. The molecule has 2 saturated heterocycles. The monoisotopic (exact) mass is 296 g/mol. The molecule has 0 radical (unpaired) electrons. The zero-order chi connectivity index (χ0) is 15.4. The Kier molecular flexibility index (Phi) is 5.58. The van der Waals surface area contributed by atoms with Crippen LogP contribution in [0.2, 0.25) is 0 Å². The highest BCUT2D eigenvalue weighted by molar-refractivity contribution is 5.89. The van der Waals surface area contributed by atoms with Crippen LogP contribution in [0.15, 0.2) is 0 Å². The second-order valence-corrected chi connectivity index (χ2v) is 6.51. The first kappa shape index (κ1) is 16.2. The Hall–Kier alpha value is -1.14. The summed E-state index contributed by atoms with van der Waals surface area (Å²) in [7, 11) is 0. The van der Waals surface area contributed by atoms with Gasteiger partial charge in [0.15, 0.2) is 0 Å². The summed E-state index contributed by atoms with van der Waals surface area (Å²) in [5.74, 6) is -0.478. The van der Waals surface area contributed by atoms with Gasteiger partial charge in [-0.2, -0.15) is 0 Å². The van der Waals surface area contributed by atoms with Crippen molar-refractivity contribution in [2.75, 3.05) is 19.6 Å². The summed E-state index contributed by atoms with van der Waals surface area (Å²) in [6.07, 6.45) is 4.10. The van der Waals surface area contributed by atoms with Gasteiger partial charge in [-0.25, -0.2) is 0 Å². The largest absolute Gasteiger partial charge is 0.368 e. The maximum Gasteiger partial charge on any atom is 0.240 e. The standard InChI is InChI=1S/C15H28N4O2/c1-10(2)13(14(16)20)18-15(21)12-4-3-9-19(12)11-5-7-17-8-6-11/h10-13,17H,3-9H2,1-2H3,(H2,16,20)(H,18,21). The molecule has 0 aliphatic carbocycles. The van der Waals surface area contributed by atoms with E-state index >= 15 is 0 Å². The molecule has 0 spiro atoms. The molecule has 2 fully saturated rings. The lowest BCUT2D eigenvalue weighted by atomic mass is 10.0. The van der Waals surface area contributed by atoms with Crippen LogP contribution < -0.4 is 16.4 Å². The average Bonchev–Trinajstić information content (AvgIpc) is 2.94. The lowest BCUT2D eigenvalue weighted by Crippen LogP contribution is -2.55.